The molecule has 0 saturated carbocycles. The van der Waals surface area contributed by atoms with Gasteiger partial charge in [0.15, 0.2) is 6.29 Å². The Balaban J connectivity index is 2.53. The molecule has 55 heavy (non-hydrogen) atoms. The van der Waals surface area contributed by atoms with Crippen LogP contribution in [-0.4, -0.2) is 107 Å². The molecule has 1 fully saturated rings. The maximum atomic E-state index is 13.0. The summed E-state index contributed by atoms with van der Waals surface area (Å²) < 4.78 is 47.2. The van der Waals surface area contributed by atoms with Crippen molar-refractivity contribution in [1.29, 1.82) is 0 Å². The number of nitrogens with one attached hydrogen (secondary N) is 1. The van der Waals surface area contributed by atoms with Gasteiger partial charge in [0.2, 0.25) is 5.91 Å². The first-order valence-corrected chi connectivity index (χ1v) is 22.7. The van der Waals surface area contributed by atoms with E-state index in [1.54, 1.807) is 6.08 Å². The van der Waals surface area contributed by atoms with Gasteiger partial charge in [0.05, 0.1) is 25.4 Å². The molecule has 0 aromatic carbocycles. The summed E-state index contributed by atoms with van der Waals surface area (Å²) in [5.41, 5.74) is 0. The fourth-order valence-electron chi connectivity index (χ4n) is 6.64. The van der Waals surface area contributed by atoms with Gasteiger partial charge in [0.1, 0.15) is 30.5 Å². The Kier molecular flexibility index (Phi) is 30.5. The number of ether oxygens (including phenoxy) is 2. The zero-order chi connectivity index (χ0) is 40.7. The summed E-state index contributed by atoms with van der Waals surface area (Å²) in [7, 11) is -5.11. The van der Waals surface area contributed by atoms with Gasteiger partial charge in [0, 0.05) is 0 Å². The predicted molar refractivity (Wildman–Crippen MR) is 215 cm³/mol. The lowest BCUT2D eigenvalue weighted by atomic mass is 9.99. The molecule has 0 radical (unpaired) electrons. The molecule has 1 aliphatic heterocycles. The Bertz CT molecular complexity index is 1110. The number of amides is 1. The van der Waals surface area contributed by atoms with Gasteiger partial charge in [-0.05, 0) is 25.7 Å². The highest BCUT2D eigenvalue weighted by Crippen LogP contribution is 2.26. The molecule has 7 N–H and O–H groups in total. The zero-order valence-corrected chi connectivity index (χ0v) is 34.7. The van der Waals surface area contributed by atoms with E-state index in [2.05, 4.69) is 35.5 Å². The lowest BCUT2D eigenvalue weighted by molar-refractivity contribution is -0.298. The van der Waals surface area contributed by atoms with E-state index in [1.807, 2.05) is 0 Å². The SMILES string of the molecule is CCCC/C=C/CC/C=C/C(O)C(COC1OC(CO)C(O)C(OS(=O)(=O)O)C1O)NC(=O)C(O)CCCCCCCCCCCCCCCCCCCC. The molecule has 324 valence electrons. The molecule has 1 aliphatic rings. The first-order valence-electron chi connectivity index (χ1n) is 21.3. The highest BCUT2D eigenvalue weighted by molar-refractivity contribution is 7.80. The van der Waals surface area contributed by atoms with Gasteiger partial charge < -0.3 is 40.3 Å². The van der Waals surface area contributed by atoms with Gasteiger partial charge in [0.25, 0.3) is 0 Å². The van der Waals surface area contributed by atoms with Gasteiger partial charge in [-0.3, -0.25) is 9.35 Å². The van der Waals surface area contributed by atoms with Crippen LogP contribution in [0.3, 0.4) is 0 Å². The van der Waals surface area contributed by atoms with Crippen molar-refractivity contribution in [1.82, 2.24) is 5.32 Å². The summed E-state index contributed by atoms with van der Waals surface area (Å²) >= 11 is 0. The normalized spacial score (nSPS) is 22.4. The molecule has 13 nitrogen and oxygen atoms in total. The van der Waals surface area contributed by atoms with Crippen LogP contribution in [0.1, 0.15) is 168 Å². The van der Waals surface area contributed by atoms with E-state index in [-0.39, 0.29) is 6.42 Å². The molecule has 1 heterocycles. The van der Waals surface area contributed by atoms with E-state index in [1.165, 1.54) is 96.0 Å². The Hall–Kier alpha value is -1.46. The number of aliphatic hydroxyl groups is 5. The summed E-state index contributed by atoms with van der Waals surface area (Å²) in [4.78, 5) is 13.0. The molecule has 8 unspecified atom stereocenters. The Morgan fingerprint density at radius 2 is 1.22 bits per heavy atom. The molecule has 0 spiro atoms. The smallest absolute Gasteiger partial charge is 0.394 e. The molecular weight excluding hydrogens is 731 g/mol. The third-order valence-electron chi connectivity index (χ3n) is 10.1. The molecule has 1 rings (SSSR count). The van der Waals surface area contributed by atoms with Crippen molar-refractivity contribution in [2.24, 2.45) is 0 Å². The van der Waals surface area contributed by atoms with Crippen LogP contribution in [0.5, 0.6) is 0 Å². The number of carbonyl (C=O) groups is 1. The quantitative estimate of drug-likeness (QED) is 0.0212. The fraction of sp³-hybridized carbons (Fsp3) is 0.878. The number of hydrogen-bond acceptors (Lipinski definition) is 11. The maximum absolute atomic E-state index is 13.0. The van der Waals surface area contributed by atoms with Crippen LogP contribution < -0.4 is 5.32 Å². The number of carbonyl (C=O) groups excluding carboxylic acids is 1. The van der Waals surface area contributed by atoms with E-state index >= 15 is 0 Å². The second kappa shape index (κ2) is 32.5. The topological polar surface area (TPSA) is 212 Å². The van der Waals surface area contributed by atoms with E-state index in [4.69, 9.17) is 14.0 Å². The van der Waals surface area contributed by atoms with Crippen molar-refractivity contribution in [2.45, 2.75) is 217 Å². The van der Waals surface area contributed by atoms with Crippen molar-refractivity contribution < 1.29 is 57.0 Å². The molecule has 0 aromatic heterocycles. The molecule has 8 atom stereocenters. The Labute approximate surface area is 332 Å². The van der Waals surface area contributed by atoms with Gasteiger partial charge in [-0.15, -0.1) is 0 Å². The van der Waals surface area contributed by atoms with Gasteiger partial charge in [-0.25, -0.2) is 4.18 Å². The van der Waals surface area contributed by atoms with E-state index in [0.29, 0.717) is 12.8 Å². The van der Waals surface area contributed by atoms with E-state index in [0.717, 1.165) is 44.9 Å². The predicted octanol–water partition coefficient (Wildman–Crippen LogP) is 6.35. The van der Waals surface area contributed by atoms with Gasteiger partial charge >= 0.3 is 10.4 Å². The number of unbranched alkanes of at least 4 members (excludes halogenated alkanes) is 20. The second-order valence-electron chi connectivity index (χ2n) is 15.1. The lowest BCUT2D eigenvalue weighted by Gasteiger charge is -2.41. The van der Waals surface area contributed by atoms with Crippen molar-refractivity contribution in [3.05, 3.63) is 24.3 Å². The molecule has 0 bridgehead atoms. The van der Waals surface area contributed by atoms with Crippen molar-refractivity contribution in [3.63, 3.8) is 0 Å². The van der Waals surface area contributed by atoms with E-state index < -0.39 is 78.5 Å². The van der Waals surface area contributed by atoms with Crippen molar-refractivity contribution >= 4 is 16.3 Å². The number of aliphatic hydroxyl groups excluding tert-OH is 5. The summed E-state index contributed by atoms with van der Waals surface area (Å²) in [5.74, 6) is -0.715. The van der Waals surface area contributed by atoms with Crippen LogP contribution in [0.15, 0.2) is 24.3 Å². The minimum absolute atomic E-state index is 0.240. The lowest BCUT2D eigenvalue weighted by Crippen LogP contribution is -2.61. The summed E-state index contributed by atoms with van der Waals surface area (Å²) in [6.45, 7) is 3.10. The fourth-order valence-corrected chi connectivity index (χ4v) is 7.15. The molecule has 0 aliphatic carbocycles. The van der Waals surface area contributed by atoms with Crippen LogP contribution in [0.4, 0.5) is 0 Å². The van der Waals surface area contributed by atoms with Crippen molar-refractivity contribution in [2.75, 3.05) is 13.2 Å². The average Bonchev–Trinajstić information content (AvgIpc) is 3.15. The molecule has 0 aromatic rings. The monoisotopic (exact) mass is 808 g/mol. The molecular formula is C41H77NO12S. The third kappa shape index (κ3) is 25.5. The first kappa shape index (κ1) is 51.6. The largest absolute Gasteiger partial charge is 0.397 e. The number of hydrogen-bond donors (Lipinski definition) is 7. The highest BCUT2D eigenvalue weighted by atomic mass is 32.3. The summed E-state index contributed by atoms with van der Waals surface area (Å²) in [6, 6.07) is -1.13. The highest BCUT2D eigenvalue weighted by Gasteiger charge is 2.48. The molecule has 14 heteroatoms. The van der Waals surface area contributed by atoms with Crippen LogP contribution in [0, 0.1) is 0 Å². The van der Waals surface area contributed by atoms with Gasteiger partial charge in [-0.2, -0.15) is 8.42 Å². The Morgan fingerprint density at radius 3 is 1.73 bits per heavy atom. The maximum Gasteiger partial charge on any atom is 0.397 e. The first-order chi connectivity index (χ1) is 26.4. The Morgan fingerprint density at radius 1 is 0.727 bits per heavy atom. The van der Waals surface area contributed by atoms with Crippen LogP contribution in [0.2, 0.25) is 0 Å². The minimum atomic E-state index is -5.11. The van der Waals surface area contributed by atoms with Crippen LogP contribution in [0.25, 0.3) is 0 Å². The third-order valence-corrected chi connectivity index (χ3v) is 10.6. The standard InChI is InChI=1S/C41H77NO12S/c1-3-5-7-9-11-13-14-15-16-17-18-19-20-21-22-24-26-28-30-35(45)40(48)42-33(34(44)29-27-25-23-12-10-8-6-4-2)32-52-41-38(47)39(54-55(49,50)51)37(46)36(31-43)53-41/h10,12,27,29,33-39,41,43-47H,3-9,11,13-26,28,30-32H2,1-2H3,(H,42,48)(H,49,50,51)/b12-10+,29-27+. The van der Waals surface area contributed by atoms with Gasteiger partial charge in [-0.1, -0.05) is 167 Å². The van der Waals surface area contributed by atoms with Crippen LogP contribution >= 0.6 is 0 Å². The molecule has 1 saturated heterocycles. The minimum Gasteiger partial charge on any atom is -0.394 e. The van der Waals surface area contributed by atoms with Crippen LogP contribution in [-0.2, 0) is 28.9 Å². The molecule has 1 amide bonds. The summed E-state index contributed by atoms with van der Waals surface area (Å²) in [5, 5.41) is 54.8. The average molecular weight is 808 g/mol. The second-order valence-corrected chi connectivity index (χ2v) is 16.1. The van der Waals surface area contributed by atoms with Crippen molar-refractivity contribution in [3.8, 4) is 0 Å². The zero-order valence-electron chi connectivity index (χ0n) is 33.9. The number of allylic oxidation sites excluding steroid dienone is 3. The van der Waals surface area contributed by atoms with E-state index in [9.17, 15) is 38.7 Å². The summed E-state index contributed by atoms with van der Waals surface area (Å²) in [6.07, 6.45) is 23.0. The number of rotatable bonds is 35.